The Hall–Kier alpha value is -2.34. The van der Waals surface area contributed by atoms with Gasteiger partial charge in [-0.15, -0.1) is 0 Å². The fourth-order valence-electron chi connectivity index (χ4n) is 2.26. The topological polar surface area (TPSA) is 58.6 Å². The van der Waals surface area contributed by atoms with Gasteiger partial charge in [-0.2, -0.15) is 0 Å². The van der Waals surface area contributed by atoms with Crippen LogP contribution in [0.25, 0.3) is 0 Å². The first-order valence-electron chi connectivity index (χ1n) is 7.47. The molecule has 0 spiro atoms. The van der Waals surface area contributed by atoms with E-state index in [1.807, 2.05) is 24.3 Å². The summed E-state index contributed by atoms with van der Waals surface area (Å²) in [6, 6.07) is 14.4. The minimum Gasteiger partial charge on any atom is -0.497 e. The molecule has 2 aromatic carbocycles. The highest BCUT2D eigenvalue weighted by Gasteiger charge is 2.13. The average molecular weight is 391 g/mol. The van der Waals surface area contributed by atoms with Gasteiger partial charge in [0, 0.05) is 41.8 Å². The van der Waals surface area contributed by atoms with E-state index < -0.39 is 0 Å². The summed E-state index contributed by atoms with van der Waals surface area (Å²) >= 11 is 3.34. The van der Waals surface area contributed by atoms with Crippen LogP contribution in [0.4, 0.5) is 5.69 Å². The van der Waals surface area contributed by atoms with Crippen molar-refractivity contribution in [3.8, 4) is 5.75 Å². The second-order valence-corrected chi connectivity index (χ2v) is 6.05. The molecule has 6 heteroatoms. The third-order valence-corrected chi connectivity index (χ3v) is 3.95. The third kappa shape index (κ3) is 4.83. The maximum atomic E-state index is 12.1. The Labute approximate surface area is 149 Å². The zero-order valence-electron chi connectivity index (χ0n) is 13.6. The second-order valence-electron chi connectivity index (χ2n) is 5.14. The van der Waals surface area contributed by atoms with Crippen molar-refractivity contribution in [2.75, 3.05) is 25.1 Å². The largest absolute Gasteiger partial charge is 0.497 e. The smallest absolute Gasteiger partial charge is 0.251 e. The van der Waals surface area contributed by atoms with Gasteiger partial charge in [-0.25, -0.2) is 0 Å². The number of nitrogens with one attached hydrogen (secondary N) is 1. The standard InChI is InChI=1S/C18H19BrN2O3/c1-13(22)21(16-7-4-8-17(12-16)24-2)10-9-20-18(23)14-5-3-6-15(19)11-14/h3-8,11-12H,9-10H2,1-2H3,(H,20,23). The molecule has 0 saturated carbocycles. The Kier molecular flexibility index (Phi) is 6.37. The number of carbonyl (C=O) groups excluding carboxylic acids is 2. The minimum absolute atomic E-state index is 0.0973. The molecule has 0 fully saturated rings. The van der Waals surface area contributed by atoms with Crippen molar-refractivity contribution in [1.82, 2.24) is 5.32 Å². The molecule has 2 amide bonds. The van der Waals surface area contributed by atoms with Crippen molar-refractivity contribution in [3.05, 3.63) is 58.6 Å². The highest BCUT2D eigenvalue weighted by molar-refractivity contribution is 9.10. The van der Waals surface area contributed by atoms with Crippen LogP contribution in [0.2, 0.25) is 0 Å². The number of halogens is 1. The average Bonchev–Trinajstić information content (AvgIpc) is 2.58. The van der Waals surface area contributed by atoms with Gasteiger partial charge in [-0.1, -0.05) is 28.1 Å². The first-order valence-corrected chi connectivity index (χ1v) is 8.26. The SMILES string of the molecule is COc1cccc(N(CCNC(=O)c2cccc(Br)c2)C(C)=O)c1. The van der Waals surface area contributed by atoms with Crippen LogP contribution in [0.5, 0.6) is 5.75 Å². The number of methoxy groups -OCH3 is 1. The van der Waals surface area contributed by atoms with E-state index in [1.54, 1.807) is 36.3 Å². The van der Waals surface area contributed by atoms with Gasteiger partial charge >= 0.3 is 0 Å². The van der Waals surface area contributed by atoms with E-state index in [4.69, 9.17) is 4.74 Å². The number of benzene rings is 2. The van der Waals surface area contributed by atoms with Crippen molar-refractivity contribution < 1.29 is 14.3 Å². The Balaban J connectivity index is 1.99. The molecule has 5 nitrogen and oxygen atoms in total. The van der Waals surface area contributed by atoms with Crippen molar-refractivity contribution in [2.45, 2.75) is 6.92 Å². The molecule has 0 aliphatic heterocycles. The molecule has 0 atom stereocenters. The molecule has 2 aromatic rings. The molecule has 24 heavy (non-hydrogen) atoms. The van der Waals surface area contributed by atoms with Gasteiger partial charge in [0.05, 0.1) is 7.11 Å². The van der Waals surface area contributed by atoms with E-state index in [1.165, 1.54) is 6.92 Å². The molecule has 0 aliphatic carbocycles. The fourth-order valence-corrected chi connectivity index (χ4v) is 2.66. The van der Waals surface area contributed by atoms with Gasteiger partial charge < -0.3 is 15.0 Å². The lowest BCUT2D eigenvalue weighted by molar-refractivity contribution is -0.116. The van der Waals surface area contributed by atoms with Crippen LogP contribution in [0, 0.1) is 0 Å². The molecular formula is C18H19BrN2O3. The van der Waals surface area contributed by atoms with Gasteiger partial charge in [-0.3, -0.25) is 9.59 Å². The van der Waals surface area contributed by atoms with E-state index in [-0.39, 0.29) is 11.8 Å². The summed E-state index contributed by atoms with van der Waals surface area (Å²) in [6.07, 6.45) is 0. The van der Waals surface area contributed by atoms with Gasteiger partial charge in [0.25, 0.3) is 5.91 Å². The van der Waals surface area contributed by atoms with E-state index >= 15 is 0 Å². The number of hydrogen-bond donors (Lipinski definition) is 1. The number of amides is 2. The molecule has 2 rings (SSSR count). The Bertz CT molecular complexity index is 734. The van der Waals surface area contributed by atoms with Crippen LogP contribution in [-0.2, 0) is 4.79 Å². The van der Waals surface area contributed by atoms with Gasteiger partial charge in [0.15, 0.2) is 0 Å². The molecule has 0 heterocycles. The molecule has 0 saturated heterocycles. The number of rotatable bonds is 6. The Morgan fingerprint density at radius 1 is 1.17 bits per heavy atom. The number of ether oxygens (including phenoxy) is 1. The first-order chi connectivity index (χ1) is 11.5. The normalized spacial score (nSPS) is 10.1. The van der Waals surface area contributed by atoms with E-state index in [2.05, 4.69) is 21.2 Å². The monoisotopic (exact) mass is 390 g/mol. The van der Waals surface area contributed by atoms with Crippen LogP contribution in [0.1, 0.15) is 17.3 Å². The highest BCUT2D eigenvalue weighted by Crippen LogP contribution is 2.20. The molecular weight excluding hydrogens is 372 g/mol. The third-order valence-electron chi connectivity index (χ3n) is 3.45. The van der Waals surface area contributed by atoms with Crippen molar-refractivity contribution >= 4 is 33.4 Å². The summed E-state index contributed by atoms with van der Waals surface area (Å²) < 4.78 is 6.03. The lowest BCUT2D eigenvalue weighted by Crippen LogP contribution is -2.37. The van der Waals surface area contributed by atoms with E-state index in [0.717, 1.165) is 10.2 Å². The first kappa shape index (κ1) is 18.0. The summed E-state index contributed by atoms with van der Waals surface area (Å²) in [6.45, 7) is 2.22. The summed E-state index contributed by atoms with van der Waals surface area (Å²) in [5, 5.41) is 2.82. The van der Waals surface area contributed by atoms with Crippen LogP contribution in [0.3, 0.4) is 0 Å². The number of hydrogen-bond acceptors (Lipinski definition) is 3. The maximum Gasteiger partial charge on any atom is 0.251 e. The van der Waals surface area contributed by atoms with E-state index in [9.17, 15) is 9.59 Å². The minimum atomic E-state index is -0.176. The van der Waals surface area contributed by atoms with E-state index in [0.29, 0.717) is 24.4 Å². The molecule has 1 N–H and O–H groups in total. The lowest BCUT2D eigenvalue weighted by Gasteiger charge is -2.22. The highest BCUT2D eigenvalue weighted by atomic mass is 79.9. The molecule has 126 valence electrons. The zero-order chi connectivity index (χ0) is 17.5. The number of nitrogens with zero attached hydrogens (tertiary/aromatic N) is 1. The zero-order valence-corrected chi connectivity index (χ0v) is 15.2. The molecule has 0 aromatic heterocycles. The second kappa shape index (κ2) is 8.49. The Morgan fingerprint density at radius 2 is 1.92 bits per heavy atom. The Morgan fingerprint density at radius 3 is 2.58 bits per heavy atom. The molecule has 0 unspecified atom stereocenters. The van der Waals surface area contributed by atoms with Crippen LogP contribution >= 0.6 is 15.9 Å². The van der Waals surface area contributed by atoms with Gasteiger partial charge in [-0.05, 0) is 30.3 Å². The summed E-state index contributed by atoms with van der Waals surface area (Å²) in [7, 11) is 1.58. The van der Waals surface area contributed by atoms with Crippen molar-refractivity contribution in [2.24, 2.45) is 0 Å². The van der Waals surface area contributed by atoms with Gasteiger partial charge in [0.1, 0.15) is 5.75 Å². The van der Waals surface area contributed by atoms with Gasteiger partial charge in [0.2, 0.25) is 5.91 Å². The number of carbonyl (C=O) groups is 2. The predicted octanol–water partition coefficient (Wildman–Crippen LogP) is 3.24. The predicted molar refractivity (Wildman–Crippen MR) is 97.5 cm³/mol. The summed E-state index contributed by atoms with van der Waals surface area (Å²) in [5.41, 5.74) is 1.30. The fraction of sp³-hybridized carbons (Fsp3) is 0.222. The lowest BCUT2D eigenvalue weighted by atomic mass is 10.2. The van der Waals surface area contributed by atoms with Crippen LogP contribution in [0.15, 0.2) is 53.0 Å². The molecule has 0 aliphatic rings. The van der Waals surface area contributed by atoms with Crippen LogP contribution < -0.4 is 15.0 Å². The summed E-state index contributed by atoms with van der Waals surface area (Å²) in [4.78, 5) is 25.6. The molecule has 0 bridgehead atoms. The van der Waals surface area contributed by atoms with Crippen molar-refractivity contribution in [1.29, 1.82) is 0 Å². The summed E-state index contributed by atoms with van der Waals surface area (Å²) in [5.74, 6) is 0.405. The quantitative estimate of drug-likeness (QED) is 0.823. The number of anilines is 1. The van der Waals surface area contributed by atoms with Crippen molar-refractivity contribution in [3.63, 3.8) is 0 Å². The molecule has 0 radical (unpaired) electrons. The van der Waals surface area contributed by atoms with Crippen LogP contribution in [-0.4, -0.2) is 32.0 Å². The maximum absolute atomic E-state index is 12.1.